The smallest absolute Gasteiger partial charge is 0.226 e. The zero-order chi connectivity index (χ0) is 19.2. The second-order valence-electron chi connectivity index (χ2n) is 5.65. The van der Waals surface area contributed by atoms with Crippen molar-refractivity contribution >= 4 is 44.4 Å². The van der Waals surface area contributed by atoms with Gasteiger partial charge in [-0.05, 0) is 44.2 Å². The summed E-state index contributed by atoms with van der Waals surface area (Å²) >= 11 is 2.83. The number of carbonyl (C=O) groups is 1. The molecule has 3 aromatic rings. The Balaban J connectivity index is 1.57. The van der Waals surface area contributed by atoms with Gasteiger partial charge in [-0.2, -0.15) is 5.26 Å². The molecule has 0 spiro atoms. The SMILES string of the molecule is CCOc1ccc2nc(NC(=O)CCSc3nc(C)ccc3C#N)sc2c1. The van der Waals surface area contributed by atoms with E-state index in [4.69, 9.17) is 10.00 Å². The number of nitriles is 1. The molecule has 27 heavy (non-hydrogen) atoms. The molecule has 0 fully saturated rings. The Bertz CT molecular complexity index is 1010. The number of nitrogens with one attached hydrogen (secondary N) is 1. The van der Waals surface area contributed by atoms with Gasteiger partial charge in [-0.3, -0.25) is 4.79 Å². The number of carbonyl (C=O) groups excluding carboxylic acids is 1. The monoisotopic (exact) mass is 398 g/mol. The van der Waals surface area contributed by atoms with Gasteiger partial charge in [-0.15, -0.1) is 11.8 Å². The van der Waals surface area contributed by atoms with Crippen LogP contribution in [0, 0.1) is 18.3 Å². The Morgan fingerprint density at radius 3 is 2.96 bits per heavy atom. The fourth-order valence-electron chi connectivity index (χ4n) is 2.37. The molecule has 0 atom stereocenters. The van der Waals surface area contributed by atoms with Crippen molar-refractivity contribution in [1.82, 2.24) is 9.97 Å². The first-order valence-electron chi connectivity index (χ1n) is 8.43. The number of benzene rings is 1. The molecule has 0 saturated carbocycles. The molecule has 0 aliphatic rings. The first-order valence-corrected chi connectivity index (χ1v) is 10.2. The maximum Gasteiger partial charge on any atom is 0.226 e. The van der Waals surface area contributed by atoms with Crippen molar-refractivity contribution in [2.24, 2.45) is 0 Å². The number of nitrogens with zero attached hydrogens (tertiary/aromatic N) is 3. The van der Waals surface area contributed by atoms with Gasteiger partial charge in [-0.1, -0.05) is 11.3 Å². The minimum atomic E-state index is -0.113. The summed E-state index contributed by atoms with van der Waals surface area (Å²) in [7, 11) is 0. The van der Waals surface area contributed by atoms with Crippen molar-refractivity contribution in [1.29, 1.82) is 5.26 Å². The molecule has 1 N–H and O–H groups in total. The molecule has 138 valence electrons. The zero-order valence-corrected chi connectivity index (χ0v) is 16.6. The molecule has 1 amide bonds. The van der Waals surface area contributed by atoms with E-state index in [2.05, 4.69) is 21.4 Å². The van der Waals surface area contributed by atoms with Crippen LogP contribution in [0.2, 0.25) is 0 Å². The maximum absolute atomic E-state index is 12.2. The second-order valence-corrected chi connectivity index (χ2v) is 7.76. The fourth-order valence-corrected chi connectivity index (χ4v) is 4.23. The quantitative estimate of drug-likeness (QED) is 0.594. The van der Waals surface area contributed by atoms with Gasteiger partial charge >= 0.3 is 0 Å². The van der Waals surface area contributed by atoms with Crippen LogP contribution in [0.4, 0.5) is 5.13 Å². The van der Waals surface area contributed by atoms with Crippen LogP contribution in [-0.2, 0) is 4.79 Å². The molecule has 0 aliphatic carbocycles. The van der Waals surface area contributed by atoms with E-state index in [1.165, 1.54) is 23.1 Å². The van der Waals surface area contributed by atoms with Crippen molar-refractivity contribution in [3.05, 3.63) is 41.6 Å². The maximum atomic E-state index is 12.2. The number of hydrogen-bond donors (Lipinski definition) is 1. The van der Waals surface area contributed by atoms with E-state index in [-0.39, 0.29) is 5.91 Å². The summed E-state index contributed by atoms with van der Waals surface area (Å²) in [5.41, 5.74) is 2.21. The van der Waals surface area contributed by atoms with Gasteiger partial charge in [0.2, 0.25) is 5.91 Å². The molecule has 2 aromatic heterocycles. The minimum Gasteiger partial charge on any atom is -0.494 e. The lowest BCUT2D eigenvalue weighted by atomic mass is 10.3. The number of pyridine rings is 1. The topological polar surface area (TPSA) is 87.9 Å². The third-order valence-electron chi connectivity index (χ3n) is 3.61. The summed E-state index contributed by atoms with van der Waals surface area (Å²) in [6.07, 6.45) is 0.311. The van der Waals surface area contributed by atoms with Gasteiger partial charge in [0.05, 0.1) is 22.4 Å². The predicted octanol–water partition coefficient (Wildman–Crippen LogP) is 4.39. The Morgan fingerprint density at radius 2 is 2.19 bits per heavy atom. The van der Waals surface area contributed by atoms with Crippen molar-refractivity contribution in [3.8, 4) is 11.8 Å². The van der Waals surface area contributed by atoms with Crippen LogP contribution < -0.4 is 10.1 Å². The Hall–Kier alpha value is -2.63. The first-order chi connectivity index (χ1) is 13.1. The highest BCUT2D eigenvalue weighted by Crippen LogP contribution is 2.29. The van der Waals surface area contributed by atoms with Crippen molar-refractivity contribution in [2.45, 2.75) is 25.3 Å². The van der Waals surface area contributed by atoms with E-state index in [0.29, 0.717) is 34.5 Å². The molecular weight excluding hydrogens is 380 g/mol. The van der Waals surface area contributed by atoms with Crippen LogP contribution in [0.1, 0.15) is 24.6 Å². The average Bonchev–Trinajstić information content (AvgIpc) is 3.03. The number of fused-ring (bicyclic) bond motifs is 1. The van der Waals surface area contributed by atoms with Gasteiger partial charge in [0.1, 0.15) is 16.8 Å². The number of ether oxygens (including phenoxy) is 1. The van der Waals surface area contributed by atoms with Gasteiger partial charge in [0.15, 0.2) is 5.13 Å². The summed E-state index contributed by atoms with van der Waals surface area (Å²) in [6, 6.07) is 11.4. The second kappa shape index (κ2) is 8.84. The lowest BCUT2D eigenvalue weighted by Gasteiger charge is -2.04. The van der Waals surface area contributed by atoms with Crippen LogP contribution in [0.25, 0.3) is 10.2 Å². The fraction of sp³-hybridized carbons (Fsp3) is 0.263. The van der Waals surface area contributed by atoms with E-state index in [0.717, 1.165) is 21.7 Å². The number of anilines is 1. The summed E-state index contributed by atoms with van der Waals surface area (Å²) in [4.78, 5) is 21.0. The summed E-state index contributed by atoms with van der Waals surface area (Å²) < 4.78 is 6.45. The van der Waals surface area contributed by atoms with Crippen LogP contribution in [0.5, 0.6) is 5.75 Å². The van der Waals surface area contributed by atoms with Crippen LogP contribution in [-0.4, -0.2) is 28.2 Å². The zero-order valence-electron chi connectivity index (χ0n) is 15.0. The molecule has 0 radical (unpaired) electrons. The third-order valence-corrected chi connectivity index (χ3v) is 5.53. The summed E-state index contributed by atoms with van der Waals surface area (Å²) in [6.45, 7) is 4.42. The lowest BCUT2D eigenvalue weighted by Crippen LogP contribution is -2.12. The standard InChI is InChI=1S/C19H18N4O2S2/c1-3-25-14-6-7-15-16(10-14)27-19(22-15)23-17(24)8-9-26-18-13(11-20)5-4-12(2)21-18/h4-7,10H,3,8-9H2,1-2H3,(H,22,23,24). The normalized spacial score (nSPS) is 10.6. The number of rotatable bonds is 7. The highest BCUT2D eigenvalue weighted by Gasteiger charge is 2.10. The van der Waals surface area contributed by atoms with E-state index in [9.17, 15) is 4.79 Å². The van der Waals surface area contributed by atoms with Crippen molar-refractivity contribution in [2.75, 3.05) is 17.7 Å². The van der Waals surface area contributed by atoms with Gasteiger partial charge < -0.3 is 10.1 Å². The molecule has 2 heterocycles. The minimum absolute atomic E-state index is 0.113. The number of thioether (sulfide) groups is 1. The van der Waals surface area contributed by atoms with Crippen LogP contribution in [0.3, 0.4) is 0 Å². The highest BCUT2D eigenvalue weighted by molar-refractivity contribution is 7.99. The molecule has 0 bridgehead atoms. The molecule has 0 aliphatic heterocycles. The molecule has 0 unspecified atom stereocenters. The Kier molecular flexibility index (Phi) is 6.27. The highest BCUT2D eigenvalue weighted by atomic mass is 32.2. The lowest BCUT2D eigenvalue weighted by molar-refractivity contribution is -0.115. The van der Waals surface area contributed by atoms with Gasteiger partial charge in [0, 0.05) is 17.9 Å². The largest absolute Gasteiger partial charge is 0.494 e. The van der Waals surface area contributed by atoms with E-state index in [1.54, 1.807) is 12.1 Å². The summed E-state index contributed by atoms with van der Waals surface area (Å²) in [5, 5.41) is 13.2. The van der Waals surface area contributed by atoms with Gasteiger partial charge in [-0.25, -0.2) is 9.97 Å². The molecular formula is C19H18N4O2S2. The number of aromatic nitrogens is 2. The number of aryl methyl sites for hydroxylation is 1. The molecule has 0 saturated heterocycles. The molecule has 6 nitrogen and oxygen atoms in total. The van der Waals surface area contributed by atoms with E-state index in [1.807, 2.05) is 32.0 Å². The molecule has 8 heteroatoms. The number of hydrogen-bond acceptors (Lipinski definition) is 7. The van der Waals surface area contributed by atoms with Crippen molar-refractivity contribution in [3.63, 3.8) is 0 Å². The Morgan fingerprint density at radius 1 is 1.33 bits per heavy atom. The number of thiazole rings is 1. The van der Waals surface area contributed by atoms with Crippen LogP contribution in [0.15, 0.2) is 35.4 Å². The molecule has 1 aromatic carbocycles. The van der Waals surface area contributed by atoms with Crippen molar-refractivity contribution < 1.29 is 9.53 Å². The third kappa shape index (κ3) is 4.96. The average molecular weight is 399 g/mol. The Labute approximate surface area is 165 Å². The van der Waals surface area contributed by atoms with E-state index >= 15 is 0 Å². The van der Waals surface area contributed by atoms with Gasteiger partial charge in [0.25, 0.3) is 0 Å². The first kappa shape index (κ1) is 19.1. The molecule has 3 rings (SSSR count). The predicted molar refractivity (Wildman–Crippen MR) is 108 cm³/mol. The number of amides is 1. The van der Waals surface area contributed by atoms with E-state index < -0.39 is 0 Å². The summed E-state index contributed by atoms with van der Waals surface area (Å²) in [5.74, 6) is 1.22. The van der Waals surface area contributed by atoms with Crippen LogP contribution >= 0.6 is 23.1 Å².